The van der Waals surface area contributed by atoms with E-state index in [0.717, 1.165) is 34.0 Å². The fourth-order valence-corrected chi connectivity index (χ4v) is 3.96. The Balaban J connectivity index is 1.65. The topological polar surface area (TPSA) is 61.4 Å². The van der Waals surface area contributed by atoms with Crippen LogP contribution in [0.4, 0.5) is 0 Å². The molecule has 6 nitrogen and oxygen atoms in total. The van der Waals surface area contributed by atoms with Crippen molar-refractivity contribution in [2.45, 2.75) is 24.4 Å². The smallest absolute Gasteiger partial charge is 0.258 e. The molecule has 4 rings (SSSR count). The van der Waals surface area contributed by atoms with Gasteiger partial charge in [0.25, 0.3) is 5.56 Å². The Morgan fingerprint density at radius 2 is 2.00 bits per heavy atom. The summed E-state index contributed by atoms with van der Waals surface area (Å²) in [5, 5.41) is 0.902. The minimum absolute atomic E-state index is 0.0662. The van der Waals surface area contributed by atoms with Crippen LogP contribution in [0.3, 0.4) is 0 Å². The summed E-state index contributed by atoms with van der Waals surface area (Å²) in [4.78, 5) is 21.7. The van der Waals surface area contributed by atoms with Gasteiger partial charge in [0, 0.05) is 31.7 Å². The van der Waals surface area contributed by atoms with E-state index < -0.39 is 0 Å². The van der Waals surface area contributed by atoms with E-state index in [1.807, 2.05) is 37.3 Å². The van der Waals surface area contributed by atoms with Crippen molar-refractivity contribution in [1.82, 2.24) is 18.9 Å². The third kappa shape index (κ3) is 3.61. The molecule has 0 N–H and O–H groups in total. The lowest BCUT2D eigenvalue weighted by molar-refractivity contribution is 0.186. The van der Waals surface area contributed by atoms with Crippen molar-refractivity contribution in [3.05, 3.63) is 70.3 Å². The first-order valence-electron chi connectivity index (χ1n) is 8.71. The highest BCUT2D eigenvalue weighted by molar-refractivity contribution is 7.98. The number of rotatable bonds is 6. The fourth-order valence-electron chi connectivity index (χ4n) is 3.03. The summed E-state index contributed by atoms with van der Waals surface area (Å²) < 4.78 is 8.96. The first-order valence-corrected chi connectivity index (χ1v) is 9.70. The molecule has 0 atom stereocenters. The number of imidazole rings is 1. The monoisotopic (exact) mass is 380 g/mol. The molecule has 0 radical (unpaired) electrons. The molecule has 138 valence electrons. The summed E-state index contributed by atoms with van der Waals surface area (Å²) in [6.45, 7) is 3.33. The Labute approximate surface area is 160 Å². The van der Waals surface area contributed by atoms with Crippen LogP contribution in [0.5, 0.6) is 0 Å². The van der Waals surface area contributed by atoms with Crippen molar-refractivity contribution in [1.29, 1.82) is 0 Å². The lowest BCUT2D eigenvalue weighted by atomic mass is 10.3. The summed E-state index contributed by atoms with van der Waals surface area (Å²) in [6.07, 6.45) is 1.76. The molecule has 27 heavy (non-hydrogen) atoms. The lowest BCUT2D eigenvalue weighted by Crippen LogP contribution is -2.15. The van der Waals surface area contributed by atoms with Crippen LogP contribution in [-0.4, -0.2) is 32.7 Å². The van der Waals surface area contributed by atoms with Gasteiger partial charge in [-0.05, 0) is 36.8 Å². The molecule has 0 aliphatic rings. The van der Waals surface area contributed by atoms with Gasteiger partial charge in [-0.2, -0.15) is 0 Å². The second-order valence-electron chi connectivity index (χ2n) is 6.33. The van der Waals surface area contributed by atoms with Crippen molar-refractivity contribution in [2.75, 3.05) is 13.7 Å². The molecule has 4 aromatic rings. The zero-order valence-electron chi connectivity index (χ0n) is 15.3. The molecule has 0 bridgehead atoms. The van der Waals surface area contributed by atoms with Gasteiger partial charge >= 0.3 is 0 Å². The molecule has 0 saturated carbocycles. The molecule has 3 aromatic heterocycles. The molecule has 1 aromatic carbocycles. The van der Waals surface area contributed by atoms with E-state index in [4.69, 9.17) is 9.72 Å². The molecular formula is C20H20N4O2S. The average molecular weight is 380 g/mol. The summed E-state index contributed by atoms with van der Waals surface area (Å²) in [5.74, 6) is 0.579. The van der Waals surface area contributed by atoms with Gasteiger partial charge in [-0.3, -0.25) is 9.20 Å². The van der Waals surface area contributed by atoms with Gasteiger partial charge in [0.05, 0.1) is 23.3 Å². The number of aromatic nitrogens is 4. The largest absolute Gasteiger partial charge is 0.383 e. The average Bonchev–Trinajstić information content (AvgIpc) is 3.02. The van der Waals surface area contributed by atoms with Crippen LogP contribution in [0.1, 0.15) is 11.3 Å². The number of methoxy groups -OCH3 is 1. The number of para-hydroxylation sites is 2. The van der Waals surface area contributed by atoms with Gasteiger partial charge in [-0.15, -0.1) is 0 Å². The molecule has 0 spiro atoms. The van der Waals surface area contributed by atoms with E-state index in [1.165, 1.54) is 0 Å². The van der Waals surface area contributed by atoms with Crippen molar-refractivity contribution < 1.29 is 4.74 Å². The Bertz CT molecular complexity index is 1170. The number of benzene rings is 1. The van der Waals surface area contributed by atoms with Gasteiger partial charge in [-0.1, -0.05) is 23.9 Å². The molecule has 3 heterocycles. The number of aryl methyl sites for hydroxylation is 1. The second kappa shape index (κ2) is 7.54. The number of fused-ring (bicyclic) bond motifs is 2. The van der Waals surface area contributed by atoms with E-state index in [1.54, 1.807) is 35.5 Å². The summed E-state index contributed by atoms with van der Waals surface area (Å²) in [7, 11) is 1.69. The van der Waals surface area contributed by atoms with Crippen molar-refractivity contribution >= 4 is 28.4 Å². The van der Waals surface area contributed by atoms with Crippen LogP contribution in [0.25, 0.3) is 16.7 Å². The maximum atomic E-state index is 12.3. The molecule has 0 saturated heterocycles. The molecule has 0 amide bonds. The highest BCUT2D eigenvalue weighted by Crippen LogP contribution is 2.26. The van der Waals surface area contributed by atoms with E-state index in [-0.39, 0.29) is 5.56 Å². The first kappa shape index (κ1) is 17.8. The second-order valence-corrected chi connectivity index (χ2v) is 7.28. The number of hydrogen-bond donors (Lipinski definition) is 0. The van der Waals surface area contributed by atoms with Crippen LogP contribution >= 0.6 is 11.8 Å². The highest BCUT2D eigenvalue weighted by atomic mass is 32.2. The standard InChI is InChI=1S/C20H20N4O2S/c1-14-7-8-24-18(11-14)21-15(12-19(24)25)13-27-20-22-16-5-3-4-6-17(16)23(20)9-10-26-2/h3-8,11-12H,9-10,13H2,1-2H3. The maximum Gasteiger partial charge on any atom is 0.258 e. The van der Waals surface area contributed by atoms with Crippen LogP contribution in [0.2, 0.25) is 0 Å². The highest BCUT2D eigenvalue weighted by Gasteiger charge is 2.12. The van der Waals surface area contributed by atoms with E-state index in [2.05, 4.69) is 15.6 Å². The Kier molecular flexibility index (Phi) is 4.96. The van der Waals surface area contributed by atoms with E-state index in [9.17, 15) is 4.79 Å². The quantitative estimate of drug-likeness (QED) is 0.480. The van der Waals surface area contributed by atoms with Crippen LogP contribution in [0, 0.1) is 6.92 Å². The van der Waals surface area contributed by atoms with E-state index in [0.29, 0.717) is 18.0 Å². The fraction of sp³-hybridized carbons (Fsp3) is 0.250. The predicted molar refractivity (Wildman–Crippen MR) is 107 cm³/mol. The number of nitrogens with zero attached hydrogens (tertiary/aromatic N) is 4. The first-order chi connectivity index (χ1) is 13.2. The Morgan fingerprint density at radius 1 is 1.15 bits per heavy atom. The van der Waals surface area contributed by atoms with Crippen molar-refractivity contribution in [2.24, 2.45) is 0 Å². The zero-order chi connectivity index (χ0) is 18.8. The normalized spacial score (nSPS) is 11.5. The molecule has 0 aliphatic carbocycles. The molecule has 0 aliphatic heterocycles. The predicted octanol–water partition coefficient (Wildman–Crippen LogP) is 3.29. The summed E-state index contributed by atoms with van der Waals surface area (Å²) in [5.41, 5.74) is 4.47. The van der Waals surface area contributed by atoms with Gasteiger partial charge < -0.3 is 9.30 Å². The molecule has 0 unspecified atom stereocenters. The Hall–Kier alpha value is -2.64. The van der Waals surface area contributed by atoms with Gasteiger partial charge in [0.15, 0.2) is 5.16 Å². The Morgan fingerprint density at radius 3 is 2.85 bits per heavy atom. The number of ether oxygens (including phenoxy) is 1. The molecule has 7 heteroatoms. The summed E-state index contributed by atoms with van der Waals surface area (Å²) in [6, 6.07) is 13.5. The third-order valence-corrected chi connectivity index (χ3v) is 5.37. The lowest BCUT2D eigenvalue weighted by Gasteiger charge is -2.08. The minimum Gasteiger partial charge on any atom is -0.383 e. The molecular weight excluding hydrogens is 360 g/mol. The SMILES string of the molecule is COCCn1c(SCc2cc(=O)n3ccc(C)cc3n2)nc2ccccc21. The maximum absolute atomic E-state index is 12.3. The van der Waals surface area contributed by atoms with Crippen LogP contribution in [0.15, 0.2) is 58.6 Å². The number of pyridine rings is 1. The zero-order valence-corrected chi connectivity index (χ0v) is 16.1. The van der Waals surface area contributed by atoms with Gasteiger partial charge in [-0.25, -0.2) is 9.97 Å². The summed E-state index contributed by atoms with van der Waals surface area (Å²) >= 11 is 1.58. The third-order valence-electron chi connectivity index (χ3n) is 4.36. The van der Waals surface area contributed by atoms with Gasteiger partial charge in [0.1, 0.15) is 5.65 Å². The van der Waals surface area contributed by atoms with Gasteiger partial charge in [0.2, 0.25) is 0 Å². The minimum atomic E-state index is -0.0662. The number of thioether (sulfide) groups is 1. The molecule has 0 fully saturated rings. The van der Waals surface area contributed by atoms with Crippen LogP contribution in [-0.2, 0) is 17.0 Å². The van der Waals surface area contributed by atoms with E-state index >= 15 is 0 Å². The van der Waals surface area contributed by atoms with Crippen LogP contribution < -0.4 is 5.56 Å². The van der Waals surface area contributed by atoms with Crippen molar-refractivity contribution in [3.8, 4) is 0 Å². The number of hydrogen-bond acceptors (Lipinski definition) is 5. The van der Waals surface area contributed by atoms with Crippen molar-refractivity contribution in [3.63, 3.8) is 0 Å².